The lowest BCUT2D eigenvalue weighted by atomic mass is 10.2. The Morgan fingerprint density at radius 2 is 2.13 bits per heavy atom. The van der Waals surface area contributed by atoms with Crippen LogP contribution in [0.2, 0.25) is 0 Å². The maximum Gasteiger partial charge on any atom is 0.252 e. The van der Waals surface area contributed by atoms with Gasteiger partial charge in [0.1, 0.15) is 0 Å². The zero-order valence-electron chi connectivity index (χ0n) is 8.98. The van der Waals surface area contributed by atoms with Crippen molar-refractivity contribution in [1.82, 2.24) is 0 Å². The third kappa shape index (κ3) is 4.08. The molecule has 15 heavy (non-hydrogen) atoms. The monoisotopic (exact) mass is 209 g/mol. The molecule has 0 saturated heterocycles. The number of hydrogen-bond donors (Lipinski definition) is 1. The second-order valence-electron chi connectivity index (χ2n) is 3.36. The maximum atomic E-state index is 10.8. The van der Waals surface area contributed by atoms with Gasteiger partial charge in [-0.25, -0.2) is 0 Å². The van der Waals surface area contributed by atoms with E-state index in [0.29, 0.717) is 12.3 Å². The van der Waals surface area contributed by atoms with Crippen molar-refractivity contribution in [2.75, 3.05) is 6.61 Å². The third-order valence-electron chi connectivity index (χ3n) is 2.06. The van der Waals surface area contributed by atoms with E-state index in [4.69, 9.17) is 10.5 Å². The summed E-state index contributed by atoms with van der Waals surface area (Å²) in [7, 11) is 0. The van der Waals surface area contributed by atoms with Crippen LogP contribution in [0, 0.1) is 0 Å². The molecule has 0 aliphatic carbocycles. The van der Waals surface area contributed by atoms with Gasteiger partial charge in [0.05, 0.1) is 12.2 Å². The van der Waals surface area contributed by atoms with Gasteiger partial charge < -0.3 is 10.5 Å². The fraction of sp³-hybridized carbons (Fsp3) is 0.455. The number of nitrogens with two attached hydrogens (primary N) is 1. The molecule has 0 aromatic carbocycles. The Bertz CT molecular complexity index is 309. The minimum atomic E-state index is -0.408. The Labute approximate surface area is 89.7 Å². The van der Waals surface area contributed by atoms with E-state index >= 15 is 0 Å². The highest BCUT2D eigenvalue weighted by atomic mass is 16.5. The normalized spacial score (nSPS) is 10.2. The summed E-state index contributed by atoms with van der Waals surface area (Å²) in [5.74, 6) is -0.408. The van der Waals surface area contributed by atoms with Gasteiger partial charge in [-0.2, -0.15) is 4.57 Å². The van der Waals surface area contributed by atoms with Gasteiger partial charge in [0.15, 0.2) is 12.4 Å². The molecule has 0 fully saturated rings. The summed E-state index contributed by atoms with van der Waals surface area (Å²) in [6.45, 7) is 3.40. The molecule has 82 valence electrons. The van der Waals surface area contributed by atoms with E-state index in [1.165, 1.54) is 0 Å². The van der Waals surface area contributed by atoms with E-state index < -0.39 is 5.91 Å². The molecule has 0 bridgehead atoms. The van der Waals surface area contributed by atoms with Crippen LogP contribution in [0.1, 0.15) is 30.1 Å². The average molecular weight is 209 g/mol. The fourth-order valence-electron chi connectivity index (χ4n) is 1.12. The molecule has 0 aliphatic heterocycles. The predicted molar refractivity (Wildman–Crippen MR) is 56.0 cm³/mol. The molecule has 0 atom stereocenters. The molecular formula is C11H17N2O2+. The minimum absolute atomic E-state index is 0.408. The van der Waals surface area contributed by atoms with Crippen LogP contribution in [-0.4, -0.2) is 12.5 Å². The summed E-state index contributed by atoms with van der Waals surface area (Å²) >= 11 is 0. The summed E-state index contributed by atoms with van der Waals surface area (Å²) in [6.07, 6.45) is 5.77. The molecule has 4 heteroatoms. The topological polar surface area (TPSA) is 56.2 Å². The highest BCUT2D eigenvalue weighted by molar-refractivity contribution is 5.92. The van der Waals surface area contributed by atoms with E-state index in [1.807, 2.05) is 4.57 Å². The van der Waals surface area contributed by atoms with Gasteiger partial charge in [0.2, 0.25) is 5.91 Å². The lowest BCUT2D eigenvalue weighted by molar-refractivity contribution is -0.732. The van der Waals surface area contributed by atoms with Gasteiger partial charge in [-0.15, -0.1) is 0 Å². The maximum absolute atomic E-state index is 10.8. The van der Waals surface area contributed by atoms with E-state index in [0.717, 1.165) is 19.4 Å². The van der Waals surface area contributed by atoms with Gasteiger partial charge in [0.25, 0.3) is 6.73 Å². The minimum Gasteiger partial charge on any atom is -0.366 e. The van der Waals surface area contributed by atoms with Crippen molar-refractivity contribution < 1.29 is 14.1 Å². The Hall–Kier alpha value is -1.42. The van der Waals surface area contributed by atoms with Crippen LogP contribution in [-0.2, 0) is 11.5 Å². The first kappa shape index (κ1) is 11.7. The number of carbonyl (C=O) groups excluding carboxylic acids is 1. The fourth-order valence-corrected chi connectivity index (χ4v) is 1.12. The van der Waals surface area contributed by atoms with Gasteiger partial charge >= 0.3 is 0 Å². The van der Waals surface area contributed by atoms with Crippen molar-refractivity contribution >= 4 is 5.91 Å². The van der Waals surface area contributed by atoms with E-state index in [1.54, 1.807) is 24.5 Å². The van der Waals surface area contributed by atoms with E-state index in [2.05, 4.69) is 6.92 Å². The van der Waals surface area contributed by atoms with Crippen LogP contribution in [0.25, 0.3) is 0 Å². The Morgan fingerprint density at radius 1 is 1.47 bits per heavy atom. The Morgan fingerprint density at radius 3 is 2.67 bits per heavy atom. The number of hydrogen-bond acceptors (Lipinski definition) is 2. The second-order valence-corrected chi connectivity index (χ2v) is 3.36. The van der Waals surface area contributed by atoms with Crippen LogP contribution < -0.4 is 10.3 Å². The first-order valence-electron chi connectivity index (χ1n) is 5.10. The zero-order chi connectivity index (χ0) is 11.1. The molecule has 4 nitrogen and oxygen atoms in total. The van der Waals surface area contributed by atoms with Crippen LogP contribution in [0.4, 0.5) is 0 Å². The van der Waals surface area contributed by atoms with Crippen molar-refractivity contribution in [2.45, 2.75) is 26.5 Å². The van der Waals surface area contributed by atoms with Gasteiger partial charge in [-0.1, -0.05) is 13.3 Å². The molecule has 1 amide bonds. The van der Waals surface area contributed by atoms with Crippen molar-refractivity contribution in [3.05, 3.63) is 30.1 Å². The summed E-state index contributed by atoms with van der Waals surface area (Å²) < 4.78 is 7.27. The number of rotatable bonds is 6. The third-order valence-corrected chi connectivity index (χ3v) is 2.06. The van der Waals surface area contributed by atoms with Crippen LogP contribution >= 0.6 is 0 Å². The molecule has 1 aromatic rings. The largest absolute Gasteiger partial charge is 0.366 e. The number of nitrogens with zero attached hydrogens (tertiary/aromatic N) is 1. The van der Waals surface area contributed by atoms with E-state index in [-0.39, 0.29) is 0 Å². The summed E-state index contributed by atoms with van der Waals surface area (Å²) in [5.41, 5.74) is 5.64. The lowest BCUT2D eigenvalue weighted by Crippen LogP contribution is -2.34. The summed E-state index contributed by atoms with van der Waals surface area (Å²) in [6, 6.07) is 3.37. The quantitative estimate of drug-likeness (QED) is 0.557. The molecule has 0 spiro atoms. The smallest absolute Gasteiger partial charge is 0.252 e. The molecule has 0 radical (unpaired) electrons. The van der Waals surface area contributed by atoms with E-state index in [9.17, 15) is 4.79 Å². The molecule has 2 N–H and O–H groups in total. The Kier molecular flexibility index (Phi) is 4.77. The SMILES string of the molecule is CCCCOC[n+]1ccc(C(N)=O)cc1. The molecule has 1 rings (SSSR count). The second kappa shape index (κ2) is 6.14. The predicted octanol–water partition coefficient (Wildman–Crippen LogP) is 0.847. The first-order chi connectivity index (χ1) is 7.24. The number of unbranched alkanes of at least 4 members (excludes halogenated alkanes) is 1. The van der Waals surface area contributed by atoms with Crippen LogP contribution in [0.15, 0.2) is 24.5 Å². The Balaban J connectivity index is 2.39. The number of pyridine rings is 1. The van der Waals surface area contributed by atoms with Crippen molar-refractivity contribution in [1.29, 1.82) is 0 Å². The number of ether oxygens (including phenoxy) is 1. The van der Waals surface area contributed by atoms with Crippen LogP contribution in [0.5, 0.6) is 0 Å². The summed E-state index contributed by atoms with van der Waals surface area (Å²) in [4.78, 5) is 10.8. The van der Waals surface area contributed by atoms with Gasteiger partial charge in [0, 0.05) is 12.1 Å². The molecule has 1 heterocycles. The van der Waals surface area contributed by atoms with Crippen molar-refractivity contribution in [2.24, 2.45) is 5.73 Å². The standard InChI is InChI=1S/C11H16N2O2/c1-2-3-8-15-9-13-6-4-10(5-7-13)11(12)14/h4-7H,2-3,8-9H2,1H3,(H-,12,14)/p+1. The molecular weight excluding hydrogens is 192 g/mol. The average Bonchev–Trinajstić information content (AvgIpc) is 2.25. The number of aromatic nitrogens is 1. The number of primary amides is 1. The lowest BCUT2D eigenvalue weighted by Gasteiger charge is -1.99. The molecule has 0 saturated carbocycles. The highest BCUT2D eigenvalue weighted by Crippen LogP contribution is 1.93. The van der Waals surface area contributed by atoms with Crippen molar-refractivity contribution in [3.8, 4) is 0 Å². The summed E-state index contributed by atoms with van der Waals surface area (Å²) in [5, 5.41) is 0. The number of carbonyl (C=O) groups is 1. The number of amides is 1. The molecule has 0 aliphatic rings. The van der Waals surface area contributed by atoms with Gasteiger partial charge in [-0.05, 0) is 6.42 Å². The first-order valence-corrected chi connectivity index (χ1v) is 5.10. The zero-order valence-corrected chi connectivity index (χ0v) is 8.98. The molecule has 0 unspecified atom stereocenters. The van der Waals surface area contributed by atoms with Crippen LogP contribution in [0.3, 0.4) is 0 Å². The van der Waals surface area contributed by atoms with Gasteiger partial charge in [-0.3, -0.25) is 4.79 Å². The molecule has 1 aromatic heterocycles. The highest BCUT2D eigenvalue weighted by Gasteiger charge is 2.03. The van der Waals surface area contributed by atoms with Crippen molar-refractivity contribution in [3.63, 3.8) is 0 Å².